The van der Waals surface area contributed by atoms with Crippen molar-refractivity contribution in [1.82, 2.24) is 4.90 Å². The molecule has 3 aliphatic rings. The van der Waals surface area contributed by atoms with Crippen LogP contribution in [0.15, 0.2) is 41.7 Å². The summed E-state index contributed by atoms with van der Waals surface area (Å²) < 4.78 is 5.53. The van der Waals surface area contributed by atoms with Crippen LogP contribution in [0.3, 0.4) is 0 Å². The highest BCUT2D eigenvalue weighted by molar-refractivity contribution is 6.25. The summed E-state index contributed by atoms with van der Waals surface area (Å²) in [5.41, 5.74) is 1.13. The lowest BCUT2D eigenvalue weighted by molar-refractivity contribution is -0.180. The number of amides is 1. The number of aliphatic hydroxyl groups excluding tert-OH is 2. The average Bonchev–Trinajstić information content (AvgIpc) is 2.75. The number of nitrogens with two attached hydrogens (primary N) is 1. The van der Waals surface area contributed by atoms with Crippen LogP contribution in [0.1, 0.15) is 18.1 Å². The zero-order valence-electron chi connectivity index (χ0n) is 19.1. The molecule has 0 saturated heterocycles. The van der Waals surface area contributed by atoms with Gasteiger partial charge in [0, 0.05) is 6.92 Å². The third-order valence-corrected chi connectivity index (χ3v) is 6.88. The number of rotatable bonds is 3. The highest BCUT2D eigenvalue weighted by Gasteiger charge is 2.69. The molecule has 3 aliphatic carbocycles. The summed E-state index contributed by atoms with van der Waals surface area (Å²) in [4.78, 5) is 52.7. The van der Waals surface area contributed by atoms with Gasteiger partial charge in [-0.25, -0.2) is 0 Å². The molecular formula is C24H24N2O9. The minimum atomic E-state index is -2.98. The van der Waals surface area contributed by atoms with Crippen molar-refractivity contribution in [2.45, 2.75) is 24.7 Å². The smallest absolute Gasteiger partial charge is 0.302 e. The van der Waals surface area contributed by atoms with E-state index in [9.17, 15) is 39.6 Å². The summed E-state index contributed by atoms with van der Waals surface area (Å²) in [5, 5.41) is 44.2. The summed E-state index contributed by atoms with van der Waals surface area (Å²) in [6.45, 7) is 5.06. The zero-order valence-corrected chi connectivity index (χ0v) is 19.1. The van der Waals surface area contributed by atoms with Gasteiger partial charge in [-0.05, 0) is 31.3 Å². The van der Waals surface area contributed by atoms with Crippen molar-refractivity contribution in [2.75, 3.05) is 14.1 Å². The number of nitrogens with zero attached hydrogens (tertiary/aromatic N) is 1. The van der Waals surface area contributed by atoms with E-state index in [1.165, 1.54) is 37.2 Å². The van der Waals surface area contributed by atoms with Gasteiger partial charge in [-0.3, -0.25) is 24.1 Å². The van der Waals surface area contributed by atoms with Crippen LogP contribution in [-0.2, 0) is 23.9 Å². The molecule has 0 aromatic heterocycles. The number of carbonyl (C=O) groups is 4. The van der Waals surface area contributed by atoms with Crippen LogP contribution in [0.5, 0.6) is 5.75 Å². The third-order valence-electron chi connectivity index (χ3n) is 6.88. The van der Waals surface area contributed by atoms with Crippen LogP contribution in [0, 0.1) is 11.8 Å². The average molecular weight is 484 g/mol. The number of fused-ring (bicyclic) bond motifs is 3. The molecule has 0 aliphatic heterocycles. The molecule has 1 aromatic carbocycles. The van der Waals surface area contributed by atoms with Crippen molar-refractivity contribution in [3.8, 4) is 5.75 Å². The van der Waals surface area contributed by atoms with E-state index < -0.39 is 75.7 Å². The quantitative estimate of drug-likeness (QED) is 0.288. The molecule has 1 saturated carbocycles. The number of benzene rings is 1. The van der Waals surface area contributed by atoms with Crippen LogP contribution in [0.25, 0.3) is 11.3 Å². The Bertz CT molecular complexity index is 1290. The molecule has 0 unspecified atom stereocenters. The van der Waals surface area contributed by atoms with Crippen molar-refractivity contribution >= 4 is 34.8 Å². The zero-order chi connectivity index (χ0) is 26.1. The SMILES string of the molecule is C=C1c2cccc(O)c2C(O)=C2C(=O)[C@]3(O)C(O)=C(C(N)=O)C(=O)[C@@H](N(C)C)[C@@H]3[C@@H](OC(C)=O)[C@H]12. The number of primary amides is 1. The number of aromatic hydroxyl groups is 1. The van der Waals surface area contributed by atoms with Crippen molar-refractivity contribution in [1.29, 1.82) is 0 Å². The molecule has 1 fully saturated rings. The van der Waals surface area contributed by atoms with Gasteiger partial charge in [0.2, 0.25) is 5.78 Å². The summed E-state index contributed by atoms with van der Waals surface area (Å²) in [7, 11) is 2.87. The van der Waals surface area contributed by atoms with Crippen molar-refractivity contribution < 1.29 is 44.3 Å². The van der Waals surface area contributed by atoms with Gasteiger partial charge >= 0.3 is 5.97 Å². The van der Waals surface area contributed by atoms with Gasteiger partial charge in [-0.15, -0.1) is 0 Å². The lowest BCUT2D eigenvalue weighted by atomic mass is 9.55. The second-order valence-corrected chi connectivity index (χ2v) is 9.02. The minimum Gasteiger partial charge on any atom is -0.508 e. The molecule has 184 valence electrons. The number of Topliss-reactive ketones (excluding diaryl/α,β-unsaturated/α-hetero) is 2. The highest BCUT2D eigenvalue weighted by atomic mass is 16.5. The number of likely N-dealkylation sites (N-methyl/N-ethyl adjacent to an activating group) is 1. The van der Waals surface area contributed by atoms with E-state index in [1.54, 1.807) is 0 Å². The van der Waals surface area contributed by atoms with E-state index in [0.717, 1.165) is 6.92 Å². The van der Waals surface area contributed by atoms with E-state index in [4.69, 9.17) is 10.5 Å². The fourth-order valence-corrected chi connectivity index (χ4v) is 5.51. The predicted molar refractivity (Wildman–Crippen MR) is 121 cm³/mol. The summed E-state index contributed by atoms with van der Waals surface area (Å²) in [6.07, 6.45) is -1.50. The highest BCUT2D eigenvalue weighted by Crippen LogP contribution is 2.56. The second-order valence-electron chi connectivity index (χ2n) is 9.02. The van der Waals surface area contributed by atoms with Crippen LogP contribution >= 0.6 is 0 Å². The Morgan fingerprint density at radius 2 is 1.80 bits per heavy atom. The fraction of sp³-hybridized carbons (Fsp3) is 0.333. The van der Waals surface area contributed by atoms with Gasteiger partial charge in [0.1, 0.15) is 28.9 Å². The summed E-state index contributed by atoms with van der Waals surface area (Å²) in [5.74, 6) is -9.71. The molecule has 0 spiro atoms. The van der Waals surface area contributed by atoms with Crippen LogP contribution in [0.2, 0.25) is 0 Å². The van der Waals surface area contributed by atoms with Gasteiger partial charge < -0.3 is 30.9 Å². The number of phenols is 1. The van der Waals surface area contributed by atoms with E-state index in [1.807, 2.05) is 0 Å². The Morgan fingerprint density at radius 3 is 2.34 bits per heavy atom. The Hall–Kier alpha value is -3.96. The Kier molecular flexibility index (Phi) is 5.38. The second kappa shape index (κ2) is 7.79. The maximum absolute atomic E-state index is 13.9. The minimum absolute atomic E-state index is 0.143. The van der Waals surface area contributed by atoms with Gasteiger partial charge in [0.15, 0.2) is 11.4 Å². The monoisotopic (exact) mass is 484 g/mol. The van der Waals surface area contributed by atoms with E-state index in [2.05, 4.69) is 6.58 Å². The number of hydrogen-bond donors (Lipinski definition) is 5. The van der Waals surface area contributed by atoms with E-state index in [0.29, 0.717) is 0 Å². The number of carbonyl (C=O) groups excluding carboxylic acids is 4. The number of hydrogen-bond acceptors (Lipinski definition) is 10. The van der Waals surface area contributed by atoms with Crippen molar-refractivity contribution in [2.24, 2.45) is 17.6 Å². The molecule has 35 heavy (non-hydrogen) atoms. The third kappa shape index (κ3) is 3.05. The maximum atomic E-state index is 13.9. The number of ketones is 2. The molecule has 1 amide bonds. The Balaban J connectivity index is 2.13. The standard InChI is InChI=1S/C24H24N2O9/c1-8-10-6-5-7-11(28)13(10)18(29)14-12(8)20(35-9(2)27)16-17(26(3)4)19(30)15(23(25)33)22(32)24(16,34)21(14)31/h5-7,12,16-17,20,28-29,32,34H,1H2,2-4H3,(H2,25,33)/t12-,16-,17+,20+,24+/m1/s1. The first kappa shape index (κ1) is 24.2. The topological polar surface area (TPSA) is 188 Å². The van der Waals surface area contributed by atoms with Gasteiger partial charge in [0.25, 0.3) is 5.91 Å². The number of ether oxygens (including phenoxy) is 1. The van der Waals surface area contributed by atoms with Gasteiger partial charge in [-0.1, -0.05) is 18.7 Å². The largest absolute Gasteiger partial charge is 0.508 e. The maximum Gasteiger partial charge on any atom is 0.302 e. The van der Waals surface area contributed by atoms with Crippen LogP contribution < -0.4 is 5.73 Å². The molecule has 0 bridgehead atoms. The molecule has 11 heteroatoms. The normalized spacial score (nSPS) is 30.1. The fourth-order valence-electron chi connectivity index (χ4n) is 5.51. The number of esters is 1. The number of phenolic OH excluding ortho intramolecular Hbond substituents is 1. The van der Waals surface area contributed by atoms with Gasteiger partial charge in [0.05, 0.1) is 29.0 Å². The molecule has 6 N–H and O–H groups in total. The Morgan fingerprint density at radius 1 is 1.17 bits per heavy atom. The molecule has 11 nitrogen and oxygen atoms in total. The first-order valence-electron chi connectivity index (χ1n) is 10.6. The Labute approximate surface area is 199 Å². The van der Waals surface area contributed by atoms with Crippen LogP contribution in [0.4, 0.5) is 0 Å². The molecule has 5 atom stereocenters. The first-order chi connectivity index (χ1) is 16.3. The van der Waals surface area contributed by atoms with Crippen molar-refractivity contribution in [3.05, 3.63) is 52.8 Å². The first-order valence-corrected chi connectivity index (χ1v) is 10.6. The lowest BCUT2D eigenvalue weighted by Crippen LogP contribution is -2.70. The number of aliphatic hydroxyl groups is 3. The molecule has 0 heterocycles. The van der Waals surface area contributed by atoms with E-state index in [-0.39, 0.29) is 22.4 Å². The molecular weight excluding hydrogens is 460 g/mol. The van der Waals surface area contributed by atoms with Crippen molar-refractivity contribution in [3.63, 3.8) is 0 Å². The predicted octanol–water partition coefficient (Wildman–Crippen LogP) is -0.0237. The van der Waals surface area contributed by atoms with Crippen LogP contribution in [-0.4, -0.2) is 80.6 Å². The lowest BCUT2D eigenvalue weighted by Gasteiger charge is -2.53. The van der Waals surface area contributed by atoms with Gasteiger partial charge in [-0.2, -0.15) is 0 Å². The molecule has 0 radical (unpaired) electrons. The molecule has 1 aromatic rings. The summed E-state index contributed by atoms with van der Waals surface area (Å²) >= 11 is 0. The summed E-state index contributed by atoms with van der Waals surface area (Å²) in [6, 6.07) is 2.84. The van der Waals surface area contributed by atoms with E-state index >= 15 is 0 Å². The molecule has 4 rings (SSSR count).